The Hall–Kier alpha value is -1.01. The monoisotopic (exact) mass is 129 g/mol. The number of nitrogens with one attached hydrogen (secondary N) is 1. The van der Waals surface area contributed by atoms with Gasteiger partial charge in [-0.05, 0) is 22.6 Å². The smallest absolute Gasteiger partial charge is 0.180 e. The first-order valence-electron chi connectivity index (χ1n) is 2.37. The summed E-state index contributed by atoms with van der Waals surface area (Å²) in [5.41, 5.74) is 0. The van der Waals surface area contributed by atoms with Crippen LogP contribution in [0.1, 0.15) is 18.9 Å². The molecule has 1 radical (unpaired) electrons. The summed E-state index contributed by atoms with van der Waals surface area (Å²) >= 11 is 0. The lowest BCUT2D eigenvalue weighted by Gasteiger charge is -1.96. The number of rotatable bonds is 2. The van der Waals surface area contributed by atoms with E-state index in [0.29, 0.717) is 5.82 Å². The molecule has 0 amide bonds. The molecule has 0 aliphatic rings. The highest BCUT2D eigenvalue weighted by Crippen LogP contribution is 2.06. The molecule has 49 valence electrons. The number of nitrogens with zero attached hydrogens (tertiary/aromatic N) is 3. The van der Waals surface area contributed by atoms with E-state index in [4.69, 9.17) is 0 Å². The number of tetrazole rings is 1. The number of hydrogen-bond acceptors (Lipinski definition) is 4. The van der Waals surface area contributed by atoms with Gasteiger partial charge in [0.1, 0.15) is 0 Å². The highest BCUT2D eigenvalue weighted by molar-refractivity contribution is 4.79. The van der Waals surface area contributed by atoms with Gasteiger partial charge in [0.25, 0.3) is 0 Å². The van der Waals surface area contributed by atoms with E-state index in [-0.39, 0.29) is 0 Å². The number of H-pyrrole nitrogens is 1. The standard InChI is InChI=1S/C3H5N4O2/c1-2(9-8)3-4-6-7-5-3/h2H,1H3,(H,4,5,6,7). The first-order chi connectivity index (χ1) is 4.34. The van der Waals surface area contributed by atoms with Crippen LogP contribution in [0, 0.1) is 0 Å². The predicted octanol–water partition coefficient (Wildman–Crippen LogP) is -0.377. The van der Waals surface area contributed by atoms with Crippen LogP contribution < -0.4 is 0 Å². The van der Waals surface area contributed by atoms with Gasteiger partial charge in [-0.2, -0.15) is 4.89 Å². The average molecular weight is 129 g/mol. The van der Waals surface area contributed by atoms with Crippen LogP contribution in [0.3, 0.4) is 0 Å². The molecule has 6 nitrogen and oxygen atoms in total. The molecule has 1 aromatic heterocycles. The Morgan fingerprint density at radius 1 is 1.78 bits per heavy atom. The van der Waals surface area contributed by atoms with Crippen molar-refractivity contribution in [2.75, 3.05) is 0 Å². The summed E-state index contributed by atoms with van der Waals surface area (Å²) in [7, 11) is 0. The minimum absolute atomic E-state index is 0.338. The Kier molecular flexibility index (Phi) is 1.71. The molecule has 1 rings (SSSR count). The summed E-state index contributed by atoms with van der Waals surface area (Å²) in [5.74, 6) is 0.338. The second-order valence-electron chi connectivity index (χ2n) is 1.52. The largest absolute Gasteiger partial charge is 0.241 e. The predicted molar refractivity (Wildman–Crippen MR) is 24.4 cm³/mol. The SMILES string of the molecule is CC(O[O])c1nnn[nH]1. The van der Waals surface area contributed by atoms with Gasteiger partial charge >= 0.3 is 0 Å². The minimum atomic E-state index is -0.611. The lowest BCUT2D eigenvalue weighted by molar-refractivity contribution is -0.335. The first-order valence-corrected chi connectivity index (χ1v) is 2.37. The summed E-state index contributed by atoms with van der Waals surface area (Å²) in [4.78, 5) is 3.67. The number of aromatic amines is 1. The van der Waals surface area contributed by atoms with Crippen LogP contribution in [0.4, 0.5) is 0 Å². The molecule has 9 heavy (non-hydrogen) atoms. The molecule has 0 aliphatic heterocycles. The molecular formula is C3H5N4O2. The van der Waals surface area contributed by atoms with Gasteiger partial charge in [0.15, 0.2) is 11.9 Å². The van der Waals surface area contributed by atoms with E-state index in [1.807, 2.05) is 0 Å². The normalized spacial score (nSPS) is 13.6. The molecular weight excluding hydrogens is 124 g/mol. The number of hydrogen-bond donors (Lipinski definition) is 1. The quantitative estimate of drug-likeness (QED) is 0.436. The zero-order chi connectivity index (χ0) is 6.69. The van der Waals surface area contributed by atoms with Crippen molar-refractivity contribution in [2.45, 2.75) is 13.0 Å². The summed E-state index contributed by atoms with van der Waals surface area (Å²) < 4.78 is 0. The van der Waals surface area contributed by atoms with E-state index in [0.717, 1.165) is 0 Å². The van der Waals surface area contributed by atoms with E-state index < -0.39 is 6.10 Å². The highest BCUT2D eigenvalue weighted by Gasteiger charge is 2.08. The van der Waals surface area contributed by atoms with Crippen molar-refractivity contribution in [1.82, 2.24) is 20.6 Å². The Balaban J connectivity index is 2.65. The number of aromatic nitrogens is 4. The van der Waals surface area contributed by atoms with Crippen molar-refractivity contribution in [3.63, 3.8) is 0 Å². The van der Waals surface area contributed by atoms with E-state index >= 15 is 0 Å². The van der Waals surface area contributed by atoms with Crippen molar-refractivity contribution in [2.24, 2.45) is 0 Å². The first kappa shape index (κ1) is 6.12. The molecule has 6 heteroatoms. The molecule has 1 atom stereocenters. The van der Waals surface area contributed by atoms with Crippen LogP contribution in [0.15, 0.2) is 0 Å². The summed E-state index contributed by atoms with van der Waals surface area (Å²) in [6.45, 7) is 1.55. The molecule has 0 aromatic carbocycles. The van der Waals surface area contributed by atoms with Gasteiger partial charge in [-0.25, -0.2) is 5.10 Å². The third kappa shape index (κ3) is 1.21. The van der Waals surface area contributed by atoms with Crippen LogP contribution in [0.5, 0.6) is 0 Å². The molecule has 1 aromatic rings. The molecule has 0 bridgehead atoms. The van der Waals surface area contributed by atoms with Gasteiger partial charge < -0.3 is 0 Å². The maximum absolute atomic E-state index is 9.71. The summed E-state index contributed by atoms with van der Waals surface area (Å²) in [5, 5.41) is 22.1. The van der Waals surface area contributed by atoms with Gasteiger partial charge in [-0.1, -0.05) is 0 Å². The van der Waals surface area contributed by atoms with Crippen LogP contribution in [0.25, 0.3) is 0 Å². The van der Waals surface area contributed by atoms with Gasteiger partial charge in [-0.3, -0.25) is 0 Å². The van der Waals surface area contributed by atoms with E-state index in [1.54, 1.807) is 6.92 Å². The van der Waals surface area contributed by atoms with Gasteiger partial charge in [0.05, 0.1) is 0 Å². The fourth-order valence-corrected chi connectivity index (χ4v) is 0.384. The van der Waals surface area contributed by atoms with Crippen LogP contribution in [-0.2, 0) is 10.1 Å². The lowest BCUT2D eigenvalue weighted by Crippen LogP contribution is -1.97. The van der Waals surface area contributed by atoms with Crippen molar-refractivity contribution >= 4 is 0 Å². The van der Waals surface area contributed by atoms with Crippen molar-refractivity contribution in [1.29, 1.82) is 0 Å². The molecule has 0 saturated heterocycles. The van der Waals surface area contributed by atoms with E-state index in [9.17, 15) is 5.26 Å². The molecule has 0 aliphatic carbocycles. The molecule has 1 heterocycles. The topological polar surface area (TPSA) is 83.6 Å². The highest BCUT2D eigenvalue weighted by atomic mass is 17.1. The third-order valence-electron chi connectivity index (χ3n) is 0.891. The summed E-state index contributed by atoms with van der Waals surface area (Å²) in [6.07, 6.45) is -0.611. The van der Waals surface area contributed by atoms with E-state index in [1.165, 1.54) is 0 Å². The minimum Gasteiger partial charge on any atom is -0.241 e. The summed E-state index contributed by atoms with van der Waals surface area (Å²) in [6, 6.07) is 0. The Morgan fingerprint density at radius 3 is 3.00 bits per heavy atom. The average Bonchev–Trinajstić information content (AvgIpc) is 2.37. The van der Waals surface area contributed by atoms with Crippen molar-refractivity contribution in [3.05, 3.63) is 5.82 Å². The Bertz CT molecular complexity index is 162. The van der Waals surface area contributed by atoms with Crippen LogP contribution in [-0.4, -0.2) is 20.6 Å². The van der Waals surface area contributed by atoms with Gasteiger partial charge in [0.2, 0.25) is 0 Å². The molecule has 0 saturated carbocycles. The molecule has 1 N–H and O–H groups in total. The van der Waals surface area contributed by atoms with Crippen molar-refractivity contribution in [3.8, 4) is 0 Å². The fourth-order valence-electron chi connectivity index (χ4n) is 0.384. The third-order valence-corrected chi connectivity index (χ3v) is 0.891. The fraction of sp³-hybridized carbons (Fsp3) is 0.667. The Morgan fingerprint density at radius 2 is 2.56 bits per heavy atom. The molecule has 0 spiro atoms. The van der Waals surface area contributed by atoms with E-state index in [2.05, 4.69) is 25.5 Å². The maximum Gasteiger partial charge on any atom is 0.180 e. The van der Waals surface area contributed by atoms with Gasteiger partial charge in [0, 0.05) is 0 Å². The lowest BCUT2D eigenvalue weighted by atomic mass is 10.4. The Labute approximate surface area is 50.8 Å². The van der Waals surface area contributed by atoms with Crippen molar-refractivity contribution < 1.29 is 10.1 Å². The second-order valence-corrected chi connectivity index (χ2v) is 1.52. The zero-order valence-corrected chi connectivity index (χ0v) is 4.74. The van der Waals surface area contributed by atoms with Crippen LogP contribution >= 0.6 is 0 Å². The van der Waals surface area contributed by atoms with Gasteiger partial charge in [-0.15, -0.1) is 5.10 Å². The molecule has 0 fully saturated rings. The maximum atomic E-state index is 9.71. The second kappa shape index (κ2) is 2.51. The molecule has 1 unspecified atom stereocenters. The zero-order valence-electron chi connectivity index (χ0n) is 4.74. The van der Waals surface area contributed by atoms with Crippen LogP contribution in [0.2, 0.25) is 0 Å².